The molecule has 0 radical (unpaired) electrons. The third-order valence-electron chi connectivity index (χ3n) is 2.92. The highest BCUT2D eigenvalue weighted by Gasteiger charge is 2.10. The Kier molecular flexibility index (Phi) is 5.61. The number of hydrogen-bond donors (Lipinski definition) is 2. The lowest BCUT2D eigenvalue weighted by molar-refractivity contribution is 0.0953. The van der Waals surface area contributed by atoms with Gasteiger partial charge in [0.05, 0.1) is 22.5 Å². The summed E-state index contributed by atoms with van der Waals surface area (Å²) in [6.45, 7) is 1.23. The number of carbonyl (C=O) groups excluding carboxylic acids is 1. The molecule has 2 rings (SSSR count). The highest BCUT2D eigenvalue weighted by atomic mass is 35.5. The van der Waals surface area contributed by atoms with Crippen molar-refractivity contribution < 1.29 is 4.79 Å². The summed E-state index contributed by atoms with van der Waals surface area (Å²) in [7, 11) is 0. The van der Waals surface area contributed by atoms with Crippen molar-refractivity contribution in [3.63, 3.8) is 0 Å². The molecular weight excluding hydrogens is 311 g/mol. The van der Waals surface area contributed by atoms with Crippen LogP contribution in [0.5, 0.6) is 0 Å². The van der Waals surface area contributed by atoms with E-state index in [2.05, 4.69) is 10.4 Å². The molecule has 3 N–H and O–H groups in total. The van der Waals surface area contributed by atoms with Gasteiger partial charge in [0.25, 0.3) is 5.91 Å². The summed E-state index contributed by atoms with van der Waals surface area (Å²) < 4.78 is 1.55. The molecule has 1 amide bonds. The topological polar surface area (TPSA) is 72.9 Å². The van der Waals surface area contributed by atoms with E-state index in [-0.39, 0.29) is 5.91 Å². The third kappa shape index (κ3) is 4.20. The maximum absolute atomic E-state index is 11.9. The summed E-state index contributed by atoms with van der Waals surface area (Å²) >= 11 is 12.0. The minimum Gasteiger partial charge on any atom is -0.352 e. The van der Waals surface area contributed by atoms with Gasteiger partial charge in [-0.15, -0.1) is 0 Å². The van der Waals surface area contributed by atoms with Crippen LogP contribution in [0, 0.1) is 0 Å². The molecule has 0 aliphatic rings. The Morgan fingerprint density at radius 1 is 1.33 bits per heavy atom. The highest BCUT2D eigenvalue weighted by molar-refractivity contribution is 6.35. The fraction of sp³-hybridized carbons (Fsp3) is 0.286. The van der Waals surface area contributed by atoms with Crippen LogP contribution in [0.4, 0.5) is 0 Å². The second-order valence-electron chi connectivity index (χ2n) is 4.52. The summed E-state index contributed by atoms with van der Waals surface area (Å²) in [6, 6.07) is 5.10. The quantitative estimate of drug-likeness (QED) is 0.801. The van der Waals surface area contributed by atoms with Crippen molar-refractivity contribution in [3.8, 4) is 5.69 Å². The number of unbranched alkanes of at least 4 members (excludes halogenated alkanes) is 1. The van der Waals surface area contributed by atoms with Gasteiger partial charge in [-0.2, -0.15) is 5.10 Å². The first-order valence-corrected chi connectivity index (χ1v) is 7.36. The molecule has 112 valence electrons. The number of nitrogens with one attached hydrogen (secondary N) is 1. The van der Waals surface area contributed by atoms with Crippen molar-refractivity contribution in [1.29, 1.82) is 0 Å². The third-order valence-corrected chi connectivity index (χ3v) is 3.46. The molecule has 5 nitrogen and oxygen atoms in total. The monoisotopic (exact) mass is 326 g/mol. The first-order chi connectivity index (χ1) is 10.1. The van der Waals surface area contributed by atoms with E-state index >= 15 is 0 Å². The molecule has 0 fully saturated rings. The van der Waals surface area contributed by atoms with Crippen molar-refractivity contribution >= 4 is 29.1 Å². The van der Waals surface area contributed by atoms with E-state index in [0.29, 0.717) is 34.4 Å². The lowest BCUT2D eigenvalue weighted by Gasteiger charge is -2.04. The van der Waals surface area contributed by atoms with Crippen LogP contribution in [0.3, 0.4) is 0 Å². The number of halogens is 2. The fourth-order valence-electron chi connectivity index (χ4n) is 1.81. The van der Waals surface area contributed by atoms with Gasteiger partial charge in [-0.1, -0.05) is 23.2 Å². The van der Waals surface area contributed by atoms with Crippen molar-refractivity contribution in [2.75, 3.05) is 13.1 Å². The minimum absolute atomic E-state index is 0.164. The summed E-state index contributed by atoms with van der Waals surface area (Å²) in [4.78, 5) is 11.9. The molecule has 0 bridgehead atoms. The Morgan fingerprint density at radius 2 is 2.14 bits per heavy atom. The molecule has 7 heteroatoms. The molecular formula is C14H16Cl2N4O. The second kappa shape index (κ2) is 7.45. The van der Waals surface area contributed by atoms with Crippen LogP contribution in [0.1, 0.15) is 23.2 Å². The van der Waals surface area contributed by atoms with Gasteiger partial charge in [0.1, 0.15) is 0 Å². The molecule has 0 aliphatic carbocycles. The van der Waals surface area contributed by atoms with Gasteiger partial charge >= 0.3 is 0 Å². The number of amides is 1. The van der Waals surface area contributed by atoms with Crippen LogP contribution in [-0.4, -0.2) is 28.8 Å². The number of rotatable bonds is 6. The minimum atomic E-state index is -0.164. The van der Waals surface area contributed by atoms with E-state index in [0.717, 1.165) is 12.8 Å². The van der Waals surface area contributed by atoms with Crippen molar-refractivity contribution in [2.45, 2.75) is 12.8 Å². The van der Waals surface area contributed by atoms with E-state index in [9.17, 15) is 4.79 Å². The lowest BCUT2D eigenvalue weighted by Crippen LogP contribution is -2.24. The summed E-state index contributed by atoms with van der Waals surface area (Å²) in [5.41, 5.74) is 6.55. The Labute approximate surface area is 133 Å². The Hall–Kier alpha value is -1.56. The zero-order valence-corrected chi connectivity index (χ0v) is 12.9. The van der Waals surface area contributed by atoms with Gasteiger partial charge in [-0.25, -0.2) is 4.68 Å². The molecule has 1 heterocycles. The van der Waals surface area contributed by atoms with E-state index in [1.165, 1.54) is 6.20 Å². The Balaban J connectivity index is 2.05. The van der Waals surface area contributed by atoms with Crippen molar-refractivity contribution in [2.24, 2.45) is 5.73 Å². The maximum atomic E-state index is 11.9. The molecule has 0 atom stereocenters. The number of nitrogens with two attached hydrogens (primary N) is 1. The number of carbonyl (C=O) groups is 1. The molecule has 0 saturated carbocycles. The average Bonchev–Trinajstić information content (AvgIpc) is 2.93. The zero-order valence-electron chi connectivity index (χ0n) is 11.4. The molecule has 1 aromatic heterocycles. The zero-order chi connectivity index (χ0) is 15.2. The van der Waals surface area contributed by atoms with Gasteiger partial charge in [-0.05, 0) is 37.6 Å². The van der Waals surface area contributed by atoms with Crippen LogP contribution in [0.15, 0.2) is 30.6 Å². The molecule has 21 heavy (non-hydrogen) atoms. The number of hydrogen-bond acceptors (Lipinski definition) is 3. The van der Waals surface area contributed by atoms with Crippen LogP contribution >= 0.6 is 23.2 Å². The number of benzene rings is 1. The summed E-state index contributed by atoms with van der Waals surface area (Å²) in [5.74, 6) is -0.164. The molecule has 2 aromatic rings. The summed E-state index contributed by atoms with van der Waals surface area (Å²) in [5, 5.41) is 7.99. The van der Waals surface area contributed by atoms with E-state index < -0.39 is 0 Å². The average molecular weight is 327 g/mol. The molecule has 0 unspecified atom stereocenters. The molecule has 1 aromatic carbocycles. The standard InChI is InChI=1S/C14H16Cl2N4O/c15-11-3-4-13(12(16)7-11)20-9-10(8-19-20)14(21)18-6-2-1-5-17/h3-4,7-9H,1-2,5-6,17H2,(H,18,21). The summed E-state index contributed by atoms with van der Waals surface area (Å²) in [6.07, 6.45) is 4.88. The lowest BCUT2D eigenvalue weighted by atomic mass is 10.3. The molecule has 0 aliphatic heterocycles. The van der Waals surface area contributed by atoms with Gasteiger partial charge < -0.3 is 11.1 Å². The van der Waals surface area contributed by atoms with Crippen LogP contribution < -0.4 is 11.1 Å². The Bertz CT molecular complexity index is 627. The SMILES string of the molecule is NCCCCNC(=O)c1cnn(-c2ccc(Cl)cc2Cl)c1. The predicted octanol–water partition coefficient (Wildman–Crippen LogP) is 2.65. The van der Waals surface area contributed by atoms with Gasteiger partial charge in [0, 0.05) is 17.8 Å². The Morgan fingerprint density at radius 3 is 2.86 bits per heavy atom. The first kappa shape index (κ1) is 15.8. The molecule has 0 saturated heterocycles. The van der Waals surface area contributed by atoms with Crippen LogP contribution in [0.2, 0.25) is 10.0 Å². The normalized spacial score (nSPS) is 10.6. The largest absolute Gasteiger partial charge is 0.352 e. The second-order valence-corrected chi connectivity index (χ2v) is 5.36. The maximum Gasteiger partial charge on any atom is 0.254 e. The number of nitrogens with zero attached hydrogens (tertiary/aromatic N) is 2. The highest BCUT2D eigenvalue weighted by Crippen LogP contribution is 2.24. The molecule has 0 spiro atoms. The fourth-order valence-corrected chi connectivity index (χ4v) is 2.31. The van der Waals surface area contributed by atoms with Crippen molar-refractivity contribution in [1.82, 2.24) is 15.1 Å². The smallest absolute Gasteiger partial charge is 0.254 e. The van der Waals surface area contributed by atoms with E-state index in [4.69, 9.17) is 28.9 Å². The van der Waals surface area contributed by atoms with E-state index in [1.807, 2.05) is 0 Å². The van der Waals surface area contributed by atoms with E-state index in [1.54, 1.807) is 29.1 Å². The van der Waals surface area contributed by atoms with Crippen LogP contribution in [0.25, 0.3) is 5.69 Å². The van der Waals surface area contributed by atoms with Crippen molar-refractivity contribution in [3.05, 3.63) is 46.2 Å². The van der Waals surface area contributed by atoms with Gasteiger partial charge in [-0.3, -0.25) is 4.79 Å². The first-order valence-electron chi connectivity index (χ1n) is 6.60. The predicted molar refractivity (Wildman–Crippen MR) is 84.2 cm³/mol. The van der Waals surface area contributed by atoms with Crippen LogP contribution in [-0.2, 0) is 0 Å². The van der Waals surface area contributed by atoms with Gasteiger partial charge in [0.2, 0.25) is 0 Å². The van der Waals surface area contributed by atoms with Gasteiger partial charge in [0.15, 0.2) is 0 Å². The number of aromatic nitrogens is 2.